The fourth-order valence-electron chi connectivity index (χ4n) is 1.90. The quantitative estimate of drug-likeness (QED) is 0.901. The number of aliphatic hydroxyl groups is 1. The summed E-state index contributed by atoms with van der Waals surface area (Å²) < 4.78 is 20.1. The summed E-state index contributed by atoms with van der Waals surface area (Å²) in [5.41, 5.74) is 1.45. The molecule has 2 aromatic rings. The number of aromatic nitrogens is 2. The van der Waals surface area contributed by atoms with Gasteiger partial charge < -0.3 is 9.84 Å². The molecule has 0 amide bonds. The van der Waals surface area contributed by atoms with Crippen LogP contribution in [0.3, 0.4) is 0 Å². The average Bonchev–Trinajstić information content (AvgIpc) is 2.88. The number of benzene rings is 1. The zero-order valence-electron chi connectivity index (χ0n) is 11.0. The predicted molar refractivity (Wildman–Crippen MR) is 69.5 cm³/mol. The van der Waals surface area contributed by atoms with Crippen molar-refractivity contribution < 1.29 is 14.2 Å². The molecule has 19 heavy (non-hydrogen) atoms. The second kappa shape index (κ2) is 5.84. The minimum absolute atomic E-state index is 0.206. The number of aliphatic hydroxyl groups excluding tert-OH is 1. The second-order valence-electron chi connectivity index (χ2n) is 4.32. The summed E-state index contributed by atoms with van der Waals surface area (Å²) in [6.07, 6.45) is 3.09. The van der Waals surface area contributed by atoms with Crippen molar-refractivity contribution in [3.63, 3.8) is 0 Å². The van der Waals surface area contributed by atoms with Gasteiger partial charge in [0, 0.05) is 24.7 Å². The Morgan fingerprint density at radius 3 is 2.84 bits per heavy atom. The molecule has 1 atom stereocenters. The third-order valence-electron chi connectivity index (χ3n) is 3.01. The van der Waals surface area contributed by atoms with E-state index in [1.807, 2.05) is 6.92 Å². The van der Waals surface area contributed by atoms with E-state index in [1.165, 1.54) is 13.2 Å². The number of rotatable bonds is 5. The lowest BCUT2D eigenvalue weighted by Gasteiger charge is -2.09. The highest BCUT2D eigenvalue weighted by Gasteiger charge is 2.12. The maximum Gasteiger partial charge on any atom is 0.165 e. The standard InChI is InChI=1S/C14H17FN2O2/c1-3-17-9-11(8-16-17)13(18)7-10-4-5-14(19-2)12(15)6-10/h4-6,8-9,13,18H,3,7H2,1-2H3. The average molecular weight is 264 g/mol. The van der Waals surface area contributed by atoms with Crippen LogP contribution < -0.4 is 4.74 Å². The van der Waals surface area contributed by atoms with Gasteiger partial charge in [-0.2, -0.15) is 5.10 Å². The van der Waals surface area contributed by atoms with Crippen molar-refractivity contribution >= 4 is 0 Å². The van der Waals surface area contributed by atoms with Crippen molar-refractivity contribution in [2.24, 2.45) is 0 Å². The third kappa shape index (κ3) is 3.12. The fourth-order valence-corrected chi connectivity index (χ4v) is 1.90. The van der Waals surface area contributed by atoms with E-state index in [0.717, 1.165) is 17.7 Å². The van der Waals surface area contributed by atoms with Gasteiger partial charge in [-0.25, -0.2) is 4.39 Å². The van der Waals surface area contributed by atoms with E-state index in [2.05, 4.69) is 5.10 Å². The minimum atomic E-state index is -0.687. The Morgan fingerprint density at radius 2 is 2.26 bits per heavy atom. The van der Waals surface area contributed by atoms with Crippen LogP contribution in [0.2, 0.25) is 0 Å². The molecule has 5 heteroatoms. The van der Waals surface area contributed by atoms with Crippen LogP contribution in [0, 0.1) is 5.82 Å². The van der Waals surface area contributed by atoms with Crippen molar-refractivity contribution in [2.45, 2.75) is 26.0 Å². The molecule has 1 N–H and O–H groups in total. The molecule has 2 rings (SSSR count). The smallest absolute Gasteiger partial charge is 0.165 e. The molecule has 4 nitrogen and oxygen atoms in total. The number of aryl methyl sites for hydroxylation is 1. The number of nitrogens with zero attached hydrogens (tertiary/aromatic N) is 2. The Bertz CT molecular complexity index is 554. The molecule has 0 aliphatic heterocycles. The van der Waals surface area contributed by atoms with Crippen LogP contribution in [0.25, 0.3) is 0 Å². The van der Waals surface area contributed by atoms with Crippen molar-refractivity contribution in [2.75, 3.05) is 7.11 Å². The highest BCUT2D eigenvalue weighted by atomic mass is 19.1. The van der Waals surface area contributed by atoms with Gasteiger partial charge in [0.05, 0.1) is 19.4 Å². The monoisotopic (exact) mass is 264 g/mol. The molecule has 102 valence electrons. The molecule has 0 saturated heterocycles. The summed E-state index contributed by atoms with van der Waals surface area (Å²) in [4.78, 5) is 0. The topological polar surface area (TPSA) is 47.3 Å². The Hall–Kier alpha value is -1.88. The lowest BCUT2D eigenvalue weighted by molar-refractivity contribution is 0.178. The first kappa shape index (κ1) is 13.5. The summed E-state index contributed by atoms with van der Waals surface area (Å²) in [5, 5.41) is 14.2. The van der Waals surface area contributed by atoms with E-state index in [0.29, 0.717) is 6.42 Å². The molecule has 1 aromatic heterocycles. The zero-order valence-corrected chi connectivity index (χ0v) is 11.0. The van der Waals surface area contributed by atoms with E-state index < -0.39 is 11.9 Å². The summed E-state index contributed by atoms with van der Waals surface area (Å²) >= 11 is 0. The summed E-state index contributed by atoms with van der Waals surface area (Å²) in [7, 11) is 1.42. The Labute approximate surface area is 111 Å². The van der Waals surface area contributed by atoms with Gasteiger partial charge in [-0.3, -0.25) is 4.68 Å². The van der Waals surface area contributed by atoms with E-state index in [4.69, 9.17) is 4.74 Å². The molecule has 0 aliphatic rings. The molecule has 1 unspecified atom stereocenters. The predicted octanol–water partition coefficient (Wildman–Crippen LogP) is 2.33. The van der Waals surface area contributed by atoms with Crippen LogP contribution >= 0.6 is 0 Å². The Balaban J connectivity index is 2.10. The van der Waals surface area contributed by atoms with Gasteiger partial charge in [-0.05, 0) is 24.6 Å². The number of hydrogen-bond acceptors (Lipinski definition) is 3. The van der Waals surface area contributed by atoms with Gasteiger partial charge in [-0.15, -0.1) is 0 Å². The first-order chi connectivity index (χ1) is 9.13. The molecule has 0 bridgehead atoms. The zero-order chi connectivity index (χ0) is 13.8. The van der Waals surface area contributed by atoms with Gasteiger partial charge in [0.1, 0.15) is 0 Å². The molecule has 0 aliphatic carbocycles. The van der Waals surface area contributed by atoms with E-state index in [1.54, 1.807) is 29.2 Å². The lowest BCUT2D eigenvalue weighted by Crippen LogP contribution is -2.02. The molecule has 1 aromatic carbocycles. The molecule has 1 heterocycles. The number of methoxy groups -OCH3 is 1. The molecular formula is C14H17FN2O2. The Morgan fingerprint density at radius 1 is 1.47 bits per heavy atom. The van der Waals surface area contributed by atoms with Gasteiger partial charge in [0.25, 0.3) is 0 Å². The molecule has 0 fully saturated rings. The molecule has 0 saturated carbocycles. The van der Waals surface area contributed by atoms with Crippen LogP contribution in [-0.4, -0.2) is 22.0 Å². The van der Waals surface area contributed by atoms with Crippen LogP contribution in [0.1, 0.15) is 24.2 Å². The van der Waals surface area contributed by atoms with Gasteiger partial charge in [-0.1, -0.05) is 6.07 Å². The molecular weight excluding hydrogens is 247 g/mol. The Kier molecular flexibility index (Phi) is 4.16. The molecule has 0 spiro atoms. The van der Waals surface area contributed by atoms with Crippen molar-refractivity contribution in [3.05, 3.63) is 47.5 Å². The van der Waals surface area contributed by atoms with Crippen LogP contribution in [0.15, 0.2) is 30.6 Å². The van der Waals surface area contributed by atoms with Crippen molar-refractivity contribution in [1.82, 2.24) is 9.78 Å². The van der Waals surface area contributed by atoms with Crippen LogP contribution in [0.4, 0.5) is 4.39 Å². The van der Waals surface area contributed by atoms with E-state index >= 15 is 0 Å². The maximum absolute atomic E-state index is 13.5. The van der Waals surface area contributed by atoms with E-state index in [9.17, 15) is 9.50 Å². The largest absolute Gasteiger partial charge is 0.494 e. The number of halogens is 1. The SMILES string of the molecule is CCn1cc(C(O)Cc2ccc(OC)c(F)c2)cn1. The first-order valence-electron chi connectivity index (χ1n) is 6.17. The maximum atomic E-state index is 13.5. The molecule has 0 radical (unpaired) electrons. The van der Waals surface area contributed by atoms with Crippen LogP contribution in [-0.2, 0) is 13.0 Å². The van der Waals surface area contributed by atoms with Crippen molar-refractivity contribution in [3.8, 4) is 5.75 Å². The fraction of sp³-hybridized carbons (Fsp3) is 0.357. The summed E-state index contributed by atoms with van der Waals surface area (Å²) in [6, 6.07) is 4.69. The first-order valence-corrected chi connectivity index (χ1v) is 6.17. The lowest BCUT2D eigenvalue weighted by atomic mass is 10.0. The van der Waals surface area contributed by atoms with Gasteiger partial charge in [0.2, 0.25) is 0 Å². The van der Waals surface area contributed by atoms with Crippen molar-refractivity contribution in [1.29, 1.82) is 0 Å². The van der Waals surface area contributed by atoms with Gasteiger partial charge >= 0.3 is 0 Å². The summed E-state index contributed by atoms with van der Waals surface area (Å²) in [6.45, 7) is 2.73. The number of hydrogen-bond donors (Lipinski definition) is 1. The minimum Gasteiger partial charge on any atom is -0.494 e. The normalized spacial score (nSPS) is 12.4. The van der Waals surface area contributed by atoms with Gasteiger partial charge in [0.15, 0.2) is 11.6 Å². The highest BCUT2D eigenvalue weighted by molar-refractivity contribution is 5.30. The van der Waals surface area contributed by atoms with E-state index in [-0.39, 0.29) is 5.75 Å². The summed E-state index contributed by atoms with van der Waals surface area (Å²) in [5.74, 6) is -0.214. The van der Waals surface area contributed by atoms with Crippen LogP contribution in [0.5, 0.6) is 5.75 Å². The highest BCUT2D eigenvalue weighted by Crippen LogP contribution is 2.22. The number of ether oxygens (including phenoxy) is 1. The second-order valence-corrected chi connectivity index (χ2v) is 4.32. The third-order valence-corrected chi connectivity index (χ3v) is 3.01.